The second kappa shape index (κ2) is 6.95. The second-order valence-electron chi connectivity index (χ2n) is 5.88. The van der Waals surface area contributed by atoms with Gasteiger partial charge in [-0.3, -0.25) is 0 Å². The van der Waals surface area contributed by atoms with E-state index in [1.807, 2.05) is 0 Å². The molecule has 1 aromatic rings. The molecule has 106 valence electrons. The van der Waals surface area contributed by atoms with Gasteiger partial charge >= 0.3 is 0 Å². The third-order valence-electron chi connectivity index (χ3n) is 4.30. The number of rotatable bonds is 4. The molecule has 0 aliphatic carbocycles. The summed E-state index contributed by atoms with van der Waals surface area (Å²) >= 11 is 0. The molecule has 1 aromatic carbocycles. The Labute approximate surface area is 118 Å². The van der Waals surface area contributed by atoms with E-state index in [9.17, 15) is 0 Å². The minimum absolute atomic E-state index is 0.294. The highest BCUT2D eigenvalue weighted by molar-refractivity contribution is 5.51. The molecule has 2 heteroatoms. The van der Waals surface area contributed by atoms with E-state index in [4.69, 9.17) is 5.73 Å². The molecular weight excluding hydrogens is 232 g/mol. The zero-order chi connectivity index (χ0) is 13.7. The van der Waals surface area contributed by atoms with E-state index in [1.165, 1.54) is 55.6 Å². The zero-order valence-electron chi connectivity index (χ0n) is 12.5. The van der Waals surface area contributed by atoms with Crippen molar-refractivity contribution in [3.63, 3.8) is 0 Å². The predicted octanol–water partition coefficient (Wildman–Crippen LogP) is 3.66. The molecule has 2 rings (SSSR count). The van der Waals surface area contributed by atoms with Crippen molar-refractivity contribution in [2.45, 2.75) is 58.4 Å². The van der Waals surface area contributed by atoms with Crippen LogP contribution in [-0.2, 0) is 6.42 Å². The summed E-state index contributed by atoms with van der Waals surface area (Å²) < 4.78 is 0. The highest BCUT2D eigenvalue weighted by atomic mass is 15.1. The fourth-order valence-electron chi connectivity index (χ4n) is 2.86. The molecule has 2 N–H and O–H groups in total. The van der Waals surface area contributed by atoms with E-state index in [1.54, 1.807) is 0 Å². The maximum Gasteiger partial charge on any atom is 0.0369 e. The average Bonchev–Trinajstić information content (AvgIpc) is 2.69. The first-order chi connectivity index (χ1) is 9.20. The van der Waals surface area contributed by atoms with Crippen LogP contribution in [0.2, 0.25) is 0 Å². The van der Waals surface area contributed by atoms with Gasteiger partial charge in [0.15, 0.2) is 0 Å². The van der Waals surface area contributed by atoms with E-state index in [-0.39, 0.29) is 0 Å². The average molecular weight is 260 g/mol. The standard InChI is InChI=1S/C17H28N2/c1-3-16(18)13-15-8-9-17(12-14(15)2)19-10-6-4-5-7-11-19/h8-9,12,16H,3-7,10-11,13,18H2,1-2H3. The van der Waals surface area contributed by atoms with Gasteiger partial charge in [0.05, 0.1) is 0 Å². The first kappa shape index (κ1) is 14.4. The van der Waals surface area contributed by atoms with Crippen LogP contribution in [0.3, 0.4) is 0 Å². The van der Waals surface area contributed by atoms with Gasteiger partial charge in [0.2, 0.25) is 0 Å². The molecule has 0 spiro atoms. The normalized spacial score (nSPS) is 18.2. The summed E-state index contributed by atoms with van der Waals surface area (Å²) in [5.74, 6) is 0. The van der Waals surface area contributed by atoms with Crippen LogP contribution in [0, 0.1) is 6.92 Å². The molecule has 1 unspecified atom stereocenters. The van der Waals surface area contributed by atoms with Crippen molar-refractivity contribution in [1.82, 2.24) is 0 Å². The fraction of sp³-hybridized carbons (Fsp3) is 0.647. The number of hydrogen-bond acceptors (Lipinski definition) is 2. The molecule has 1 saturated heterocycles. The maximum atomic E-state index is 6.06. The van der Waals surface area contributed by atoms with Crippen LogP contribution >= 0.6 is 0 Å². The van der Waals surface area contributed by atoms with Gasteiger partial charge in [-0.2, -0.15) is 0 Å². The molecule has 0 aromatic heterocycles. The molecule has 0 bridgehead atoms. The Morgan fingerprint density at radius 1 is 1.16 bits per heavy atom. The lowest BCUT2D eigenvalue weighted by atomic mass is 9.99. The molecule has 1 aliphatic heterocycles. The van der Waals surface area contributed by atoms with Gasteiger partial charge in [-0.25, -0.2) is 0 Å². The Morgan fingerprint density at radius 3 is 2.42 bits per heavy atom. The van der Waals surface area contributed by atoms with E-state index in [0.29, 0.717) is 6.04 Å². The highest BCUT2D eigenvalue weighted by Crippen LogP contribution is 2.23. The minimum Gasteiger partial charge on any atom is -0.372 e. The van der Waals surface area contributed by atoms with Crippen molar-refractivity contribution < 1.29 is 0 Å². The number of anilines is 1. The van der Waals surface area contributed by atoms with Gasteiger partial charge in [0, 0.05) is 24.8 Å². The maximum absolute atomic E-state index is 6.06. The summed E-state index contributed by atoms with van der Waals surface area (Å²) in [6.45, 7) is 6.81. The number of benzene rings is 1. The van der Waals surface area contributed by atoms with Crippen LogP contribution in [-0.4, -0.2) is 19.1 Å². The van der Waals surface area contributed by atoms with E-state index in [2.05, 4.69) is 36.9 Å². The van der Waals surface area contributed by atoms with Crippen molar-refractivity contribution in [1.29, 1.82) is 0 Å². The van der Waals surface area contributed by atoms with Gasteiger partial charge in [-0.05, 0) is 55.9 Å². The van der Waals surface area contributed by atoms with Crippen molar-refractivity contribution in [2.75, 3.05) is 18.0 Å². The lowest BCUT2D eigenvalue weighted by Gasteiger charge is -2.24. The molecule has 0 amide bonds. The van der Waals surface area contributed by atoms with E-state index < -0.39 is 0 Å². The van der Waals surface area contributed by atoms with Crippen LogP contribution < -0.4 is 10.6 Å². The Kier molecular flexibility index (Phi) is 5.26. The fourth-order valence-corrected chi connectivity index (χ4v) is 2.86. The topological polar surface area (TPSA) is 29.3 Å². The quantitative estimate of drug-likeness (QED) is 0.895. The Balaban J connectivity index is 2.08. The highest BCUT2D eigenvalue weighted by Gasteiger charge is 2.11. The summed E-state index contributed by atoms with van der Waals surface area (Å²) in [5, 5.41) is 0. The smallest absolute Gasteiger partial charge is 0.0369 e. The Bertz CT molecular complexity index is 392. The number of nitrogens with zero attached hydrogens (tertiary/aromatic N) is 1. The van der Waals surface area contributed by atoms with Crippen LogP contribution in [0.4, 0.5) is 5.69 Å². The molecule has 1 fully saturated rings. The summed E-state index contributed by atoms with van der Waals surface area (Å²) in [5.41, 5.74) is 10.3. The summed E-state index contributed by atoms with van der Waals surface area (Å²) in [7, 11) is 0. The van der Waals surface area contributed by atoms with Crippen molar-refractivity contribution >= 4 is 5.69 Å². The Morgan fingerprint density at radius 2 is 1.84 bits per heavy atom. The van der Waals surface area contributed by atoms with Crippen molar-refractivity contribution in [3.8, 4) is 0 Å². The summed E-state index contributed by atoms with van der Waals surface area (Å²) in [4.78, 5) is 2.55. The molecule has 1 atom stereocenters. The van der Waals surface area contributed by atoms with E-state index >= 15 is 0 Å². The zero-order valence-corrected chi connectivity index (χ0v) is 12.5. The summed E-state index contributed by atoms with van der Waals surface area (Å²) in [6.07, 6.45) is 7.50. The molecule has 0 saturated carbocycles. The predicted molar refractivity (Wildman–Crippen MR) is 83.8 cm³/mol. The van der Waals surface area contributed by atoms with Gasteiger partial charge < -0.3 is 10.6 Å². The molecule has 1 aliphatic rings. The Hall–Kier alpha value is -1.02. The second-order valence-corrected chi connectivity index (χ2v) is 5.88. The van der Waals surface area contributed by atoms with Gasteiger partial charge in [0.25, 0.3) is 0 Å². The van der Waals surface area contributed by atoms with Crippen LogP contribution in [0.25, 0.3) is 0 Å². The minimum atomic E-state index is 0.294. The van der Waals surface area contributed by atoms with Crippen LogP contribution in [0.15, 0.2) is 18.2 Å². The lowest BCUT2D eigenvalue weighted by molar-refractivity contribution is 0.644. The number of aryl methyl sites for hydroxylation is 1. The molecular formula is C17H28N2. The van der Waals surface area contributed by atoms with Crippen LogP contribution in [0.5, 0.6) is 0 Å². The largest absolute Gasteiger partial charge is 0.372 e. The molecule has 1 heterocycles. The van der Waals surface area contributed by atoms with Crippen molar-refractivity contribution in [2.24, 2.45) is 5.73 Å². The van der Waals surface area contributed by atoms with Crippen molar-refractivity contribution in [3.05, 3.63) is 29.3 Å². The summed E-state index contributed by atoms with van der Waals surface area (Å²) in [6, 6.07) is 7.21. The monoisotopic (exact) mass is 260 g/mol. The number of hydrogen-bond donors (Lipinski definition) is 1. The number of nitrogens with two attached hydrogens (primary N) is 1. The van der Waals surface area contributed by atoms with Gasteiger partial charge in [-0.15, -0.1) is 0 Å². The lowest BCUT2D eigenvalue weighted by Crippen LogP contribution is -2.24. The molecule has 2 nitrogen and oxygen atoms in total. The first-order valence-electron chi connectivity index (χ1n) is 7.80. The molecule has 0 radical (unpaired) electrons. The third kappa shape index (κ3) is 3.97. The van der Waals surface area contributed by atoms with Gasteiger partial charge in [0.1, 0.15) is 0 Å². The van der Waals surface area contributed by atoms with Crippen LogP contribution in [0.1, 0.15) is 50.2 Å². The first-order valence-corrected chi connectivity index (χ1v) is 7.80. The van der Waals surface area contributed by atoms with Gasteiger partial charge in [-0.1, -0.05) is 25.8 Å². The molecule has 19 heavy (non-hydrogen) atoms. The SMILES string of the molecule is CCC(N)Cc1ccc(N2CCCCCC2)cc1C. The van der Waals surface area contributed by atoms with E-state index in [0.717, 1.165) is 12.8 Å². The third-order valence-corrected chi connectivity index (χ3v) is 4.30.